The number of para-hydroxylation sites is 1. The molecule has 1 aliphatic carbocycles. The number of benzene rings is 1. The van der Waals surface area contributed by atoms with E-state index in [9.17, 15) is 9.18 Å². The Bertz CT molecular complexity index is 532. The summed E-state index contributed by atoms with van der Waals surface area (Å²) in [6.45, 7) is 3.76. The number of carbonyl (C=O) groups excluding carboxylic acids is 1. The summed E-state index contributed by atoms with van der Waals surface area (Å²) in [5.74, 6) is 0.284. The van der Waals surface area contributed by atoms with Crippen LogP contribution in [0.5, 0.6) is 5.75 Å². The molecule has 3 rings (SSSR count). The van der Waals surface area contributed by atoms with Gasteiger partial charge in [0.25, 0.3) is 5.91 Å². The summed E-state index contributed by atoms with van der Waals surface area (Å²) in [7, 11) is 0. The third-order valence-electron chi connectivity index (χ3n) is 4.21. The van der Waals surface area contributed by atoms with Crippen molar-refractivity contribution in [2.45, 2.75) is 38.4 Å². The Kier molecular flexibility index (Phi) is 4.62. The van der Waals surface area contributed by atoms with E-state index in [2.05, 4.69) is 0 Å². The van der Waals surface area contributed by atoms with Crippen molar-refractivity contribution in [1.82, 2.24) is 4.90 Å². The second kappa shape index (κ2) is 6.65. The zero-order valence-electron chi connectivity index (χ0n) is 12.8. The van der Waals surface area contributed by atoms with E-state index >= 15 is 0 Å². The number of hydrogen-bond donors (Lipinski definition) is 0. The third-order valence-corrected chi connectivity index (χ3v) is 4.21. The van der Waals surface area contributed by atoms with Gasteiger partial charge in [-0.25, -0.2) is 4.39 Å². The van der Waals surface area contributed by atoms with Gasteiger partial charge in [-0.2, -0.15) is 0 Å². The molecule has 1 aliphatic heterocycles. The molecule has 5 heteroatoms. The first-order chi connectivity index (χ1) is 10.6. The molecule has 1 aromatic rings. The minimum absolute atomic E-state index is 0.110. The summed E-state index contributed by atoms with van der Waals surface area (Å²) in [5, 5.41) is 0. The number of hydrogen-bond acceptors (Lipinski definition) is 3. The topological polar surface area (TPSA) is 38.8 Å². The second-order valence-electron chi connectivity index (χ2n) is 6.16. The van der Waals surface area contributed by atoms with Gasteiger partial charge in [0, 0.05) is 19.7 Å². The van der Waals surface area contributed by atoms with Gasteiger partial charge >= 0.3 is 0 Å². The van der Waals surface area contributed by atoms with Crippen molar-refractivity contribution in [1.29, 1.82) is 0 Å². The zero-order valence-corrected chi connectivity index (χ0v) is 12.8. The van der Waals surface area contributed by atoms with Gasteiger partial charge in [0.1, 0.15) is 0 Å². The van der Waals surface area contributed by atoms with Gasteiger partial charge in [0.05, 0.1) is 6.10 Å². The Balaban J connectivity index is 1.49. The average molecular weight is 307 g/mol. The minimum atomic E-state index is -0.695. The highest BCUT2D eigenvalue weighted by molar-refractivity contribution is 5.81. The molecule has 120 valence electrons. The summed E-state index contributed by atoms with van der Waals surface area (Å²) in [6, 6.07) is 6.14. The van der Waals surface area contributed by atoms with Crippen LogP contribution < -0.4 is 4.74 Å². The molecule has 2 fully saturated rings. The molecule has 0 aromatic heterocycles. The molecule has 2 aliphatic rings. The highest BCUT2D eigenvalue weighted by Gasteiger charge is 2.32. The lowest BCUT2D eigenvalue weighted by Gasteiger charge is -2.22. The molecule has 2 atom stereocenters. The van der Waals surface area contributed by atoms with Crippen LogP contribution in [-0.4, -0.2) is 42.7 Å². The maximum atomic E-state index is 13.6. The number of halogens is 1. The quantitative estimate of drug-likeness (QED) is 0.811. The summed E-state index contributed by atoms with van der Waals surface area (Å²) in [5.41, 5.74) is 0. The molecule has 0 spiro atoms. The smallest absolute Gasteiger partial charge is 0.263 e. The van der Waals surface area contributed by atoms with Crippen LogP contribution in [0, 0.1) is 11.7 Å². The Morgan fingerprint density at radius 3 is 2.86 bits per heavy atom. The van der Waals surface area contributed by atoms with Crippen molar-refractivity contribution in [3.05, 3.63) is 30.1 Å². The van der Waals surface area contributed by atoms with Crippen LogP contribution in [0.4, 0.5) is 4.39 Å². The highest BCUT2D eigenvalue weighted by atomic mass is 19.1. The molecule has 2 unspecified atom stereocenters. The first-order valence-corrected chi connectivity index (χ1v) is 7.95. The van der Waals surface area contributed by atoms with Gasteiger partial charge in [-0.05, 0) is 44.2 Å². The molecule has 1 aromatic carbocycles. The fourth-order valence-corrected chi connectivity index (χ4v) is 2.66. The number of likely N-dealkylation sites (tertiary alicyclic amines) is 1. The largest absolute Gasteiger partial charge is 0.478 e. The van der Waals surface area contributed by atoms with E-state index in [1.165, 1.54) is 25.0 Å². The minimum Gasteiger partial charge on any atom is -0.478 e. The molecule has 0 N–H and O–H groups in total. The van der Waals surface area contributed by atoms with Crippen LogP contribution in [0.3, 0.4) is 0 Å². The Morgan fingerprint density at radius 1 is 1.36 bits per heavy atom. The van der Waals surface area contributed by atoms with Gasteiger partial charge in [0.15, 0.2) is 17.7 Å². The predicted molar refractivity (Wildman–Crippen MR) is 80.2 cm³/mol. The number of nitrogens with zero attached hydrogens (tertiary/aromatic N) is 1. The normalized spacial score (nSPS) is 22.6. The molecule has 1 saturated heterocycles. The number of carbonyl (C=O) groups is 1. The highest BCUT2D eigenvalue weighted by Crippen LogP contribution is 2.30. The van der Waals surface area contributed by atoms with Crippen LogP contribution in [0.2, 0.25) is 0 Å². The first-order valence-electron chi connectivity index (χ1n) is 7.95. The van der Waals surface area contributed by atoms with Crippen LogP contribution in [0.1, 0.15) is 26.2 Å². The van der Waals surface area contributed by atoms with E-state index in [0.29, 0.717) is 13.1 Å². The first kappa shape index (κ1) is 15.3. The molecule has 1 heterocycles. The van der Waals surface area contributed by atoms with Crippen molar-refractivity contribution in [2.75, 3.05) is 19.7 Å². The standard InChI is InChI=1S/C17H22FNO3/c1-12(22-16-5-3-2-4-15(16)18)17(20)19-9-8-14(10-19)21-11-13-6-7-13/h2-5,12-14H,6-11H2,1H3. The lowest BCUT2D eigenvalue weighted by molar-refractivity contribution is -0.137. The lowest BCUT2D eigenvalue weighted by atomic mass is 10.3. The summed E-state index contributed by atoms with van der Waals surface area (Å²) >= 11 is 0. The SMILES string of the molecule is CC(Oc1ccccc1F)C(=O)N1CCC(OCC2CC2)C1. The number of ether oxygens (including phenoxy) is 2. The lowest BCUT2D eigenvalue weighted by Crippen LogP contribution is -2.39. The fourth-order valence-electron chi connectivity index (χ4n) is 2.66. The molecule has 4 nitrogen and oxygen atoms in total. The van der Waals surface area contributed by atoms with Crippen LogP contribution >= 0.6 is 0 Å². The van der Waals surface area contributed by atoms with Crippen molar-refractivity contribution in [3.8, 4) is 5.75 Å². The summed E-state index contributed by atoms with van der Waals surface area (Å²) in [4.78, 5) is 14.1. The summed E-state index contributed by atoms with van der Waals surface area (Å²) in [6.07, 6.45) is 2.83. The molecular formula is C17H22FNO3. The molecule has 0 radical (unpaired) electrons. The second-order valence-corrected chi connectivity index (χ2v) is 6.16. The molecule has 1 saturated carbocycles. The Hall–Kier alpha value is -1.62. The van der Waals surface area contributed by atoms with E-state index < -0.39 is 11.9 Å². The van der Waals surface area contributed by atoms with Gasteiger partial charge in [-0.3, -0.25) is 4.79 Å². The molecule has 1 amide bonds. The fraction of sp³-hybridized carbons (Fsp3) is 0.588. The number of rotatable bonds is 6. The van der Waals surface area contributed by atoms with Gasteiger partial charge in [-0.1, -0.05) is 12.1 Å². The van der Waals surface area contributed by atoms with Crippen molar-refractivity contribution < 1.29 is 18.7 Å². The van der Waals surface area contributed by atoms with Gasteiger partial charge in [0.2, 0.25) is 0 Å². The van der Waals surface area contributed by atoms with E-state index in [1.54, 1.807) is 24.0 Å². The van der Waals surface area contributed by atoms with Gasteiger partial charge < -0.3 is 14.4 Å². The number of amides is 1. The molecule has 0 bridgehead atoms. The monoisotopic (exact) mass is 307 g/mol. The van der Waals surface area contributed by atoms with Crippen LogP contribution in [-0.2, 0) is 9.53 Å². The van der Waals surface area contributed by atoms with Crippen molar-refractivity contribution in [3.63, 3.8) is 0 Å². The predicted octanol–water partition coefficient (Wildman–Crippen LogP) is 2.62. The Morgan fingerprint density at radius 2 is 2.14 bits per heavy atom. The summed E-state index contributed by atoms with van der Waals surface area (Å²) < 4.78 is 24.9. The van der Waals surface area contributed by atoms with Crippen molar-refractivity contribution >= 4 is 5.91 Å². The van der Waals surface area contributed by atoms with Crippen LogP contribution in [0.25, 0.3) is 0 Å². The maximum Gasteiger partial charge on any atom is 0.263 e. The van der Waals surface area contributed by atoms with E-state index in [1.807, 2.05) is 0 Å². The van der Waals surface area contributed by atoms with E-state index in [0.717, 1.165) is 18.9 Å². The van der Waals surface area contributed by atoms with E-state index in [4.69, 9.17) is 9.47 Å². The molecule has 22 heavy (non-hydrogen) atoms. The van der Waals surface area contributed by atoms with E-state index in [-0.39, 0.29) is 17.8 Å². The maximum absolute atomic E-state index is 13.6. The van der Waals surface area contributed by atoms with Crippen LogP contribution in [0.15, 0.2) is 24.3 Å². The van der Waals surface area contributed by atoms with Gasteiger partial charge in [-0.15, -0.1) is 0 Å². The Labute approximate surface area is 130 Å². The third kappa shape index (κ3) is 3.77. The molecular weight excluding hydrogens is 285 g/mol. The zero-order chi connectivity index (χ0) is 15.5. The van der Waals surface area contributed by atoms with Crippen molar-refractivity contribution in [2.24, 2.45) is 5.92 Å². The average Bonchev–Trinajstić information content (AvgIpc) is 3.23.